The minimum absolute atomic E-state index is 0.527. The SMILES string of the molecule is c1ccc([Si](c2ccccc2)(c2ccccc2)c2cccc(-c3nc(-c4cccc5oc6cnccc6c45)nc(-n4c5ccccc5c5cc(-c6cccc7sc8ccccc8c67)ccc54)n3)c2)cc1. The van der Waals surface area contributed by atoms with E-state index in [-0.39, 0.29) is 0 Å². The fourth-order valence-electron chi connectivity index (χ4n) is 10.9. The molecule has 8 heteroatoms. The molecule has 0 aliphatic heterocycles. The molecule has 0 radical (unpaired) electrons. The van der Waals surface area contributed by atoms with E-state index >= 15 is 0 Å². The third kappa shape index (κ3) is 6.24. The predicted molar refractivity (Wildman–Crippen MR) is 292 cm³/mol. The van der Waals surface area contributed by atoms with Gasteiger partial charge in [-0.25, -0.2) is 4.98 Å². The zero-order valence-corrected chi connectivity index (χ0v) is 39.4. The standard InChI is InChI=1S/C62H39N5OSSi/c1-4-18-42(19-5-1)70(43-20-6-2-7-21-43,44-22-8-3-9-23-44)45-24-14-17-41(37-45)60-64-61(50-28-15-30-54-58(50)48-35-36-63-39-55(48)68-54)66-62(65-60)67-52-29-12-10-25-47(52)51-38-40(33-34-53(51)67)46-27-16-32-57-59(46)49-26-11-13-31-56(49)69-57/h1-39H. The maximum Gasteiger partial charge on any atom is 0.238 e. The Kier molecular flexibility index (Phi) is 9.30. The van der Waals surface area contributed by atoms with Gasteiger partial charge in [-0.3, -0.25) is 9.55 Å². The maximum absolute atomic E-state index is 6.39. The molecule has 0 atom stereocenters. The molecule has 0 saturated heterocycles. The lowest BCUT2D eigenvalue weighted by atomic mass is 9.98. The number of pyridine rings is 1. The van der Waals surface area contributed by atoms with Gasteiger partial charge in [0, 0.05) is 59.0 Å². The molecule has 0 saturated carbocycles. The van der Waals surface area contributed by atoms with Gasteiger partial charge in [-0.1, -0.05) is 182 Å². The predicted octanol–water partition coefficient (Wildman–Crippen LogP) is 13.0. The van der Waals surface area contributed by atoms with Crippen LogP contribution >= 0.6 is 11.3 Å². The second kappa shape index (κ2) is 16.2. The van der Waals surface area contributed by atoms with Crippen LogP contribution in [0, 0.1) is 0 Å². The number of fused-ring (bicyclic) bond motifs is 9. The number of benzene rings is 9. The summed E-state index contributed by atoms with van der Waals surface area (Å²) in [4.78, 5) is 20.8. The molecule has 14 aromatic rings. The van der Waals surface area contributed by atoms with E-state index in [1.165, 1.54) is 46.5 Å². The number of rotatable bonds is 8. The van der Waals surface area contributed by atoms with Gasteiger partial charge in [0.1, 0.15) is 5.58 Å². The fourth-order valence-corrected chi connectivity index (χ4v) is 16.8. The molecule has 0 aliphatic carbocycles. The fraction of sp³-hybridized carbons (Fsp3) is 0. The van der Waals surface area contributed by atoms with Crippen LogP contribution in [-0.2, 0) is 0 Å². The molecule has 0 amide bonds. The Morgan fingerprint density at radius 1 is 0.400 bits per heavy atom. The molecule has 0 spiro atoms. The largest absolute Gasteiger partial charge is 0.454 e. The molecule has 0 unspecified atom stereocenters. The van der Waals surface area contributed by atoms with Crippen molar-refractivity contribution in [2.24, 2.45) is 0 Å². The van der Waals surface area contributed by atoms with E-state index in [0.29, 0.717) is 23.2 Å². The summed E-state index contributed by atoms with van der Waals surface area (Å²) in [5, 5.41) is 11.8. The first-order chi connectivity index (χ1) is 34.7. The number of furan rings is 1. The molecule has 0 bridgehead atoms. The van der Waals surface area contributed by atoms with Crippen molar-refractivity contribution in [3.05, 3.63) is 237 Å². The number of aromatic nitrogens is 5. The summed E-state index contributed by atoms with van der Waals surface area (Å²) in [5.41, 5.74) is 7.59. The van der Waals surface area contributed by atoms with Crippen LogP contribution in [0.5, 0.6) is 0 Å². The van der Waals surface area contributed by atoms with Gasteiger partial charge in [0.15, 0.2) is 25.3 Å². The number of hydrogen-bond acceptors (Lipinski definition) is 6. The average molecular weight is 930 g/mol. The summed E-state index contributed by atoms with van der Waals surface area (Å²) in [6, 6.07) is 80.8. The van der Waals surface area contributed by atoms with Gasteiger partial charge in [0.05, 0.1) is 17.2 Å². The Hall–Kier alpha value is -8.82. The Morgan fingerprint density at radius 3 is 1.81 bits per heavy atom. The third-order valence-electron chi connectivity index (χ3n) is 13.9. The minimum atomic E-state index is -2.89. The van der Waals surface area contributed by atoms with Crippen LogP contribution in [0.2, 0.25) is 0 Å². The average Bonchev–Trinajstić information content (AvgIpc) is 4.12. The summed E-state index contributed by atoms with van der Waals surface area (Å²) in [5.74, 6) is 1.65. The molecule has 0 fully saturated rings. The van der Waals surface area contributed by atoms with Crippen molar-refractivity contribution in [3.63, 3.8) is 0 Å². The van der Waals surface area contributed by atoms with Crippen LogP contribution in [0.3, 0.4) is 0 Å². The van der Waals surface area contributed by atoms with Gasteiger partial charge in [0.2, 0.25) is 5.95 Å². The van der Waals surface area contributed by atoms with Crippen molar-refractivity contribution in [2.45, 2.75) is 0 Å². The van der Waals surface area contributed by atoms with Crippen molar-refractivity contribution >= 4 is 104 Å². The molecule has 5 heterocycles. The second-order valence-corrected chi connectivity index (χ2v) is 22.6. The lowest BCUT2D eigenvalue weighted by Crippen LogP contribution is -2.74. The van der Waals surface area contributed by atoms with E-state index in [1.54, 1.807) is 12.4 Å². The summed E-state index contributed by atoms with van der Waals surface area (Å²) in [7, 11) is -2.89. The maximum atomic E-state index is 6.39. The molecule has 5 aromatic heterocycles. The Labute approximate surface area is 407 Å². The Balaban J connectivity index is 1.03. The zero-order chi connectivity index (χ0) is 46.2. The first-order valence-corrected chi connectivity index (χ1v) is 26.3. The van der Waals surface area contributed by atoms with Gasteiger partial charge in [-0.2, -0.15) is 9.97 Å². The summed E-state index contributed by atoms with van der Waals surface area (Å²) in [6.45, 7) is 0. The van der Waals surface area contributed by atoms with Crippen molar-refractivity contribution in [1.82, 2.24) is 24.5 Å². The smallest absolute Gasteiger partial charge is 0.238 e. The van der Waals surface area contributed by atoms with Crippen molar-refractivity contribution in [1.29, 1.82) is 0 Å². The summed E-state index contributed by atoms with van der Waals surface area (Å²) >= 11 is 1.84. The minimum Gasteiger partial charge on any atom is -0.454 e. The number of hydrogen-bond donors (Lipinski definition) is 0. The molecule has 6 nitrogen and oxygen atoms in total. The highest BCUT2D eigenvalue weighted by Crippen LogP contribution is 2.42. The molecule has 0 aliphatic rings. The quantitative estimate of drug-likeness (QED) is 0.112. The molecule has 14 rings (SSSR count). The highest BCUT2D eigenvalue weighted by atomic mass is 32.1. The molecular weight excluding hydrogens is 891 g/mol. The van der Waals surface area contributed by atoms with Crippen LogP contribution in [0.25, 0.3) is 104 Å². The van der Waals surface area contributed by atoms with Gasteiger partial charge < -0.3 is 4.42 Å². The van der Waals surface area contributed by atoms with Crippen LogP contribution in [0.4, 0.5) is 0 Å². The highest BCUT2D eigenvalue weighted by molar-refractivity contribution is 7.26. The van der Waals surface area contributed by atoms with E-state index in [1.807, 2.05) is 29.5 Å². The topological polar surface area (TPSA) is 69.6 Å². The van der Waals surface area contributed by atoms with E-state index in [0.717, 1.165) is 54.9 Å². The summed E-state index contributed by atoms with van der Waals surface area (Å²) < 4.78 is 11.2. The number of para-hydroxylation sites is 1. The van der Waals surface area contributed by atoms with E-state index in [4.69, 9.17) is 19.4 Å². The molecule has 0 N–H and O–H groups in total. The monoisotopic (exact) mass is 929 g/mol. The van der Waals surface area contributed by atoms with E-state index < -0.39 is 8.07 Å². The zero-order valence-electron chi connectivity index (χ0n) is 37.6. The summed E-state index contributed by atoms with van der Waals surface area (Å²) in [6.07, 6.45) is 3.57. The third-order valence-corrected chi connectivity index (χ3v) is 19.8. The van der Waals surface area contributed by atoms with Crippen molar-refractivity contribution < 1.29 is 4.42 Å². The van der Waals surface area contributed by atoms with Gasteiger partial charge >= 0.3 is 0 Å². The normalized spacial score (nSPS) is 12.0. The molecular formula is C62H39N5OSSi. The first kappa shape index (κ1) is 40.3. The van der Waals surface area contributed by atoms with Crippen molar-refractivity contribution in [3.8, 4) is 39.9 Å². The highest BCUT2D eigenvalue weighted by Gasteiger charge is 2.41. The van der Waals surface area contributed by atoms with Gasteiger partial charge in [-0.05, 0) is 74.3 Å². The van der Waals surface area contributed by atoms with Crippen LogP contribution in [0.15, 0.2) is 241 Å². The van der Waals surface area contributed by atoms with Crippen LogP contribution in [0.1, 0.15) is 0 Å². The lowest BCUT2D eigenvalue weighted by Gasteiger charge is -2.34. The Morgan fingerprint density at radius 2 is 1.03 bits per heavy atom. The van der Waals surface area contributed by atoms with Gasteiger partial charge in [0.25, 0.3) is 0 Å². The number of thiophene rings is 1. The molecule has 328 valence electrons. The van der Waals surface area contributed by atoms with E-state index in [2.05, 4.69) is 216 Å². The van der Waals surface area contributed by atoms with Crippen molar-refractivity contribution in [2.75, 3.05) is 0 Å². The molecule has 9 aromatic carbocycles. The second-order valence-electron chi connectivity index (χ2n) is 17.7. The Bertz CT molecular complexity index is 4220. The molecule has 70 heavy (non-hydrogen) atoms. The van der Waals surface area contributed by atoms with Crippen LogP contribution in [-0.4, -0.2) is 32.6 Å². The first-order valence-electron chi connectivity index (χ1n) is 23.4. The van der Waals surface area contributed by atoms with E-state index in [9.17, 15) is 0 Å². The van der Waals surface area contributed by atoms with Crippen LogP contribution < -0.4 is 20.7 Å². The lowest BCUT2D eigenvalue weighted by molar-refractivity contribution is 0.667. The van der Waals surface area contributed by atoms with Gasteiger partial charge in [-0.15, -0.1) is 11.3 Å². The number of nitrogens with zero attached hydrogens (tertiary/aromatic N) is 5.